The van der Waals surface area contributed by atoms with Crippen molar-refractivity contribution in [3.8, 4) is 5.75 Å². The molecule has 0 fully saturated rings. The summed E-state index contributed by atoms with van der Waals surface area (Å²) in [7, 11) is -2.72. The van der Waals surface area contributed by atoms with Gasteiger partial charge in [0.25, 0.3) is 5.91 Å². The predicted octanol–water partition coefficient (Wildman–Crippen LogP) is 4.38. The number of carbonyl (C=O) groups excluding carboxylic acids is 2. The third-order valence-electron chi connectivity index (χ3n) is 6.88. The number of nitrogens with zero attached hydrogens (tertiary/aromatic N) is 1. The van der Waals surface area contributed by atoms with E-state index < -0.39 is 27.4 Å². The molecule has 0 heterocycles. The molecular formula is C31H38N4O7S. The highest BCUT2D eigenvalue weighted by Crippen LogP contribution is 2.29. The second kappa shape index (κ2) is 15.7. The molecule has 5 N–H and O–H groups in total. The van der Waals surface area contributed by atoms with Crippen LogP contribution in [-0.2, 0) is 21.2 Å². The van der Waals surface area contributed by atoms with E-state index in [0.717, 1.165) is 5.56 Å². The van der Waals surface area contributed by atoms with Gasteiger partial charge in [-0.1, -0.05) is 61.5 Å². The van der Waals surface area contributed by atoms with Gasteiger partial charge in [0, 0.05) is 19.5 Å². The second-order valence-electron chi connectivity index (χ2n) is 10.2. The van der Waals surface area contributed by atoms with E-state index >= 15 is 0 Å². The number of nitrogens with one attached hydrogen (secondary N) is 2. The van der Waals surface area contributed by atoms with Gasteiger partial charge in [0.2, 0.25) is 15.9 Å². The zero-order valence-corrected chi connectivity index (χ0v) is 25.0. The Labute approximate surface area is 252 Å². The molecule has 0 bridgehead atoms. The molecule has 3 aromatic rings. The van der Waals surface area contributed by atoms with Gasteiger partial charge in [0.1, 0.15) is 5.75 Å². The van der Waals surface area contributed by atoms with Crippen molar-refractivity contribution in [2.45, 2.75) is 38.0 Å². The number of hydrogen-bond donors (Lipinski definition) is 4. The number of methoxy groups -OCH3 is 1. The van der Waals surface area contributed by atoms with Crippen molar-refractivity contribution in [3.05, 3.63) is 95.6 Å². The Kier molecular flexibility index (Phi) is 12.1. The minimum atomic E-state index is -4.22. The second-order valence-corrected chi connectivity index (χ2v) is 11.8. The number of sulfonamides is 1. The molecular weight excluding hydrogens is 572 g/mol. The van der Waals surface area contributed by atoms with Gasteiger partial charge in [-0.3, -0.25) is 14.9 Å². The van der Waals surface area contributed by atoms with Crippen LogP contribution in [-0.4, -0.2) is 56.5 Å². The zero-order chi connectivity index (χ0) is 31.4. The number of carbonyl (C=O) groups is 3. The Morgan fingerprint density at radius 1 is 0.977 bits per heavy atom. The standard InChI is InChI=1S/C31H38N4O7S/c1-22(18-19-33-29(37)26-12-6-7-13-27(26)34-31(38)39)21-28(36)35(20-8-11-23-9-4-3-5-10-23)30(43(32,40)41)24-14-16-25(42-2)17-15-24/h3-7,9-10,12-17,22,30,34H,8,11,18-21H2,1-2H3,(H,33,37)(H,38,39)(H2,32,40,41)/t22?,30-/m0/s1. The van der Waals surface area contributed by atoms with Crippen LogP contribution in [0.25, 0.3) is 0 Å². The van der Waals surface area contributed by atoms with Crippen LogP contribution in [0.15, 0.2) is 78.9 Å². The van der Waals surface area contributed by atoms with Crippen LogP contribution in [0.5, 0.6) is 5.75 Å². The molecule has 1 unspecified atom stereocenters. The van der Waals surface area contributed by atoms with E-state index in [1.165, 1.54) is 24.1 Å². The Hall–Kier alpha value is -4.42. The summed E-state index contributed by atoms with van der Waals surface area (Å²) in [6, 6.07) is 22.3. The maximum atomic E-state index is 13.7. The fraction of sp³-hybridized carbons (Fsp3) is 0.323. The number of para-hydroxylation sites is 1. The average molecular weight is 611 g/mol. The number of ether oxygens (including phenoxy) is 1. The number of anilines is 1. The molecule has 0 aliphatic heterocycles. The topological polar surface area (TPSA) is 168 Å². The van der Waals surface area contributed by atoms with E-state index in [2.05, 4.69) is 10.6 Å². The van der Waals surface area contributed by atoms with Crippen molar-refractivity contribution in [2.75, 3.05) is 25.5 Å². The number of primary sulfonamides is 1. The van der Waals surface area contributed by atoms with Crippen molar-refractivity contribution in [1.29, 1.82) is 0 Å². The lowest BCUT2D eigenvalue weighted by molar-refractivity contribution is -0.133. The van der Waals surface area contributed by atoms with Gasteiger partial charge in [-0.2, -0.15) is 0 Å². The fourth-order valence-corrected chi connectivity index (χ4v) is 5.85. The van der Waals surface area contributed by atoms with E-state index in [9.17, 15) is 22.8 Å². The molecule has 0 saturated heterocycles. The van der Waals surface area contributed by atoms with Crippen molar-refractivity contribution >= 4 is 33.6 Å². The lowest BCUT2D eigenvalue weighted by atomic mass is 10.0. The van der Waals surface area contributed by atoms with Crippen LogP contribution in [0.2, 0.25) is 0 Å². The molecule has 43 heavy (non-hydrogen) atoms. The van der Waals surface area contributed by atoms with Gasteiger partial charge in [0.15, 0.2) is 5.37 Å². The lowest BCUT2D eigenvalue weighted by Gasteiger charge is -2.31. The van der Waals surface area contributed by atoms with E-state index in [4.69, 9.17) is 15.0 Å². The normalized spacial score (nSPS) is 12.5. The molecule has 2 atom stereocenters. The van der Waals surface area contributed by atoms with Crippen molar-refractivity contribution in [1.82, 2.24) is 10.2 Å². The van der Waals surface area contributed by atoms with Crippen LogP contribution in [0.4, 0.5) is 10.5 Å². The number of benzene rings is 3. The lowest BCUT2D eigenvalue weighted by Crippen LogP contribution is -2.42. The molecule has 0 aliphatic carbocycles. The number of nitrogens with two attached hydrogens (primary N) is 1. The maximum absolute atomic E-state index is 13.7. The summed E-state index contributed by atoms with van der Waals surface area (Å²) in [5, 5.41) is 18.3. The third-order valence-corrected chi connectivity index (χ3v) is 8.03. The van der Waals surface area contributed by atoms with Crippen LogP contribution in [0.1, 0.15) is 53.0 Å². The van der Waals surface area contributed by atoms with E-state index in [1.54, 1.807) is 36.4 Å². The van der Waals surface area contributed by atoms with E-state index in [1.807, 2.05) is 37.3 Å². The summed E-state index contributed by atoms with van der Waals surface area (Å²) in [4.78, 5) is 38.7. The number of amides is 3. The molecule has 0 aromatic heterocycles. The minimum Gasteiger partial charge on any atom is -0.497 e. The first-order valence-corrected chi connectivity index (χ1v) is 15.5. The summed E-state index contributed by atoms with van der Waals surface area (Å²) in [6.07, 6.45) is 0.330. The minimum absolute atomic E-state index is 0.0283. The van der Waals surface area contributed by atoms with Gasteiger partial charge >= 0.3 is 6.09 Å². The highest BCUT2D eigenvalue weighted by molar-refractivity contribution is 7.89. The molecule has 12 heteroatoms. The zero-order valence-electron chi connectivity index (χ0n) is 24.2. The van der Waals surface area contributed by atoms with E-state index in [0.29, 0.717) is 30.6 Å². The molecule has 3 amide bonds. The summed E-state index contributed by atoms with van der Waals surface area (Å²) in [5.41, 5.74) is 1.75. The summed E-state index contributed by atoms with van der Waals surface area (Å²) in [5.74, 6) is -0.512. The molecule has 0 radical (unpaired) electrons. The quantitative estimate of drug-likeness (QED) is 0.198. The summed E-state index contributed by atoms with van der Waals surface area (Å²) < 4.78 is 31.0. The first-order valence-electron chi connectivity index (χ1n) is 13.9. The first-order chi connectivity index (χ1) is 20.5. The number of carboxylic acid groups (broad SMARTS) is 1. The number of aryl methyl sites for hydroxylation is 1. The molecule has 230 valence electrons. The fourth-order valence-electron chi connectivity index (χ4n) is 4.74. The molecule has 11 nitrogen and oxygen atoms in total. The summed E-state index contributed by atoms with van der Waals surface area (Å²) in [6.45, 7) is 2.23. The highest BCUT2D eigenvalue weighted by Gasteiger charge is 2.34. The Balaban J connectivity index is 1.71. The van der Waals surface area contributed by atoms with E-state index in [-0.39, 0.29) is 42.6 Å². The van der Waals surface area contributed by atoms with Crippen molar-refractivity contribution < 1.29 is 32.6 Å². The van der Waals surface area contributed by atoms with Crippen LogP contribution < -0.4 is 20.5 Å². The van der Waals surface area contributed by atoms with Gasteiger partial charge < -0.3 is 20.1 Å². The molecule has 0 aliphatic rings. The smallest absolute Gasteiger partial charge is 0.409 e. The van der Waals surface area contributed by atoms with Crippen LogP contribution >= 0.6 is 0 Å². The van der Waals surface area contributed by atoms with Gasteiger partial charge in [-0.25, -0.2) is 18.4 Å². The largest absolute Gasteiger partial charge is 0.497 e. The van der Waals surface area contributed by atoms with Crippen LogP contribution in [0.3, 0.4) is 0 Å². The molecule has 3 rings (SSSR count). The Morgan fingerprint density at radius 3 is 2.26 bits per heavy atom. The highest BCUT2D eigenvalue weighted by atomic mass is 32.2. The van der Waals surface area contributed by atoms with Gasteiger partial charge in [0.05, 0.1) is 18.4 Å². The van der Waals surface area contributed by atoms with Gasteiger partial charge in [-0.05, 0) is 60.6 Å². The Morgan fingerprint density at radius 2 is 1.63 bits per heavy atom. The third kappa shape index (κ3) is 10.1. The number of hydrogen-bond acceptors (Lipinski definition) is 6. The van der Waals surface area contributed by atoms with Crippen LogP contribution in [0, 0.1) is 5.92 Å². The number of rotatable bonds is 15. The summed E-state index contributed by atoms with van der Waals surface area (Å²) >= 11 is 0. The molecule has 0 spiro atoms. The van der Waals surface area contributed by atoms with Crippen molar-refractivity contribution in [2.24, 2.45) is 11.1 Å². The Bertz CT molecular complexity index is 1480. The SMILES string of the molecule is COc1ccc([C@@H](N(CCCc2ccccc2)C(=O)CC(C)CCNC(=O)c2ccccc2NC(=O)O)S(N)(=O)=O)cc1. The average Bonchev–Trinajstić information content (AvgIpc) is 2.96. The first kappa shape index (κ1) is 33.1. The maximum Gasteiger partial charge on any atom is 0.409 e. The molecule has 3 aromatic carbocycles. The molecule has 0 saturated carbocycles. The van der Waals surface area contributed by atoms with Crippen molar-refractivity contribution in [3.63, 3.8) is 0 Å². The predicted molar refractivity (Wildman–Crippen MR) is 164 cm³/mol. The monoisotopic (exact) mass is 610 g/mol. The van der Waals surface area contributed by atoms with Gasteiger partial charge in [-0.15, -0.1) is 0 Å².